The minimum Gasteiger partial charge on any atom is -0.478 e. The smallest absolute Gasteiger partial charge is 0.347 e. The van der Waals surface area contributed by atoms with Crippen molar-refractivity contribution in [2.75, 3.05) is 7.11 Å². The number of aryl methyl sites for hydroxylation is 1. The van der Waals surface area contributed by atoms with E-state index in [0.29, 0.717) is 10.8 Å². The maximum Gasteiger partial charge on any atom is 0.347 e. The van der Waals surface area contributed by atoms with Crippen LogP contribution in [0.15, 0.2) is 18.2 Å². The normalized spacial score (nSPS) is 16.4. The van der Waals surface area contributed by atoms with Crippen molar-refractivity contribution in [1.29, 1.82) is 0 Å². The zero-order valence-electron chi connectivity index (χ0n) is 9.90. The lowest BCUT2D eigenvalue weighted by Crippen LogP contribution is -2.30. The Morgan fingerprint density at radius 1 is 1.47 bits per heavy atom. The molecule has 1 aliphatic carbocycles. The van der Waals surface area contributed by atoms with Crippen LogP contribution in [0.25, 0.3) is 0 Å². The molecule has 0 bridgehead atoms. The van der Waals surface area contributed by atoms with Crippen LogP contribution < -0.4 is 4.74 Å². The molecule has 0 spiro atoms. The molecule has 0 radical (unpaired) electrons. The summed E-state index contributed by atoms with van der Waals surface area (Å²) in [7, 11) is 1.38. The van der Waals surface area contributed by atoms with Gasteiger partial charge in [0.1, 0.15) is 5.75 Å². The van der Waals surface area contributed by atoms with Gasteiger partial charge in [-0.05, 0) is 43.5 Å². The monoisotopic (exact) mass is 254 g/mol. The molecule has 1 unspecified atom stereocenters. The zero-order valence-corrected chi connectivity index (χ0v) is 10.7. The van der Waals surface area contributed by atoms with Gasteiger partial charge in [0.2, 0.25) is 0 Å². The molecule has 0 saturated heterocycles. The van der Waals surface area contributed by atoms with E-state index in [9.17, 15) is 4.79 Å². The third-order valence-electron chi connectivity index (χ3n) is 2.87. The van der Waals surface area contributed by atoms with Crippen LogP contribution in [0.5, 0.6) is 5.75 Å². The minimum atomic E-state index is -0.486. The van der Waals surface area contributed by atoms with E-state index in [-0.39, 0.29) is 11.9 Å². The van der Waals surface area contributed by atoms with Gasteiger partial charge in [0, 0.05) is 10.9 Å². The molecule has 17 heavy (non-hydrogen) atoms. The second-order valence-electron chi connectivity index (χ2n) is 4.31. The summed E-state index contributed by atoms with van der Waals surface area (Å²) in [5.74, 6) is 0.677. The molecule has 1 aromatic rings. The van der Waals surface area contributed by atoms with Crippen LogP contribution in [0, 0.1) is 12.8 Å². The Hall–Kier alpha value is -1.22. The van der Waals surface area contributed by atoms with E-state index in [0.717, 1.165) is 18.4 Å². The number of halogens is 1. The average Bonchev–Trinajstić information content (AvgIpc) is 3.11. The van der Waals surface area contributed by atoms with Gasteiger partial charge in [-0.25, -0.2) is 4.79 Å². The third-order valence-corrected chi connectivity index (χ3v) is 3.11. The van der Waals surface area contributed by atoms with Crippen molar-refractivity contribution in [1.82, 2.24) is 0 Å². The largest absolute Gasteiger partial charge is 0.478 e. The molecule has 0 aliphatic heterocycles. The van der Waals surface area contributed by atoms with Crippen molar-refractivity contribution >= 4 is 17.6 Å². The van der Waals surface area contributed by atoms with Gasteiger partial charge >= 0.3 is 5.97 Å². The van der Waals surface area contributed by atoms with E-state index in [1.54, 1.807) is 12.1 Å². The van der Waals surface area contributed by atoms with Gasteiger partial charge in [0.15, 0.2) is 6.10 Å². The van der Waals surface area contributed by atoms with Crippen LogP contribution >= 0.6 is 11.6 Å². The van der Waals surface area contributed by atoms with Gasteiger partial charge in [-0.3, -0.25) is 0 Å². The van der Waals surface area contributed by atoms with Crippen LogP contribution in [0.4, 0.5) is 0 Å². The molecule has 1 fully saturated rings. The van der Waals surface area contributed by atoms with Crippen molar-refractivity contribution in [2.45, 2.75) is 25.9 Å². The Labute approximate surface area is 106 Å². The van der Waals surface area contributed by atoms with Crippen molar-refractivity contribution in [2.24, 2.45) is 5.92 Å². The summed E-state index contributed by atoms with van der Waals surface area (Å²) in [4.78, 5) is 11.6. The number of hydrogen-bond donors (Lipinski definition) is 0. The molecule has 92 valence electrons. The van der Waals surface area contributed by atoms with Crippen LogP contribution in [0.1, 0.15) is 18.4 Å². The summed E-state index contributed by atoms with van der Waals surface area (Å²) in [6.07, 6.45) is 1.55. The van der Waals surface area contributed by atoms with E-state index in [4.69, 9.17) is 21.1 Å². The summed E-state index contributed by atoms with van der Waals surface area (Å²) >= 11 is 5.87. The fraction of sp³-hybridized carbons (Fsp3) is 0.462. The van der Waals surface area contributed by atoms with Gasteiger partial charge in [-0.15, -0.1) is 0 Å². The van der Waals surface area contributed by atoms with Gasteiger partial charge in [-0.2, -0.15) is 0 Å². The first-order chi connectivity index (χ1) is 8.11. The highest BCUT2D eigenvalue weighted by Gasteiger charge is 2.39. The van der Waals surface area contributed by atoms with E-state index >= 15 is 0 Å². The molecule has 1 atom stereocenters. The molecule has 4 heteroatoms. The number of hydrogen-bond acceptors (Lipinski definition) is 3. The Morgan fingerprint density at radius 2 is 2.18 bits per heavy atom. The van der Waals surface area contributed by atoms with Crippen molar-refractivity contribution in [3.63, 3.8) is 0 Å². The summed E-state index contributed by atoms with van der Waals surface area (Å²) < 4.78 is 10.5. The summed E-state index contributed by atoms with van der Waals surface area (Å²) in [6.45, 7) is 1.91. The number of methoxy groups -OCH3 is 1. The van der Waals surface area contributed by atoms with Crippen LogP contribution in [0.3, 0.4) is 0 Å². The molecule has 0 aromatic heterocycles. The van der Waals surface area contributed by atoms with E-state index < -0.39 is 6.10 Å². The molecule has 1 aliphatic rings. The minimum absolute atomic E-state index is 0.289. The second-order valence-corrected chi connectivity index (χ2v) is 4.75. The number of carbonyl (C=O) groups is 1. The molecule has 2 rings (SSSR count). The number of benzene rings is 1. The fourth-order valence-corrected chi connectivity index (χ4v) is 1.96. The number of ether oxygens (including phenoxy) is 2. The fourth-order valence-electron chi connectivity index (χ4n) is 1.73. The number of esters is 1. The SMILES string of the molecule is COC(=O)C(Oc1ccc(Cl)cc1C)C1CC1. The van der Waals surface area contributed by atoms with Crippen LogP contribution in [0.2, 0.25) is 5.02 Å². The topological polar surface area (TPSA) is 35.5 Å². The first-order valence-electron chi connectivity index (χ1n) is 5.62. The summed E-state index contributed by atoms with van der Waals surface area (Å²) in [6, 6.07) is 5.36. The molecular formula is C13H15ClO3. The summed E-state index contributed by atoms with van der Waals surface area (Å²) in [5, 5.41) is 0.663. The highest BCUT2D eigenvalue weighted by Crippen LogP contribution is 2.36. The lowest BCUT2D eigenvalue weighted by atomic mass is 10.2. The molecule has 1 saturated carbocycles. The van der Waals surface area contributed by atoms with Crippen LogP contribution in [-0.2, 0) is 9.53 Å². The van der Waals surface area contributed by atoms with Gasteiger partial charge in [0.25, 0.3) is 0 Å². The van der Waals surface area contributed by atoms with Crippen molar-refractivity contribution < 1.29 is 14.3 Å². The summed E-state index contributed by atoms with van der Waals surface area (Å²) in [5.41, 5.74) is 0.923. The highest BCUT2D eigenvalue weighted by atomic mass is 35.5. The lowest BCUT2D eigenvalue weighted by molar-refractivity contribution is -0.149. The molecular weight excluding hydrogens is 240 g/mol. The van der Waals surface area contributed by atoms with Gasteiger partial charge < -0.3 is 9.47 Å². The van der Waals surface area contributed by atoms with Crippen molar-refractivity contribution in [3.8, 4) is 5.75 Å². The van der Waals surface area contributed by atoms with Crippen molar-refractivity contribution in [3.05, 3.63) is 28.8 Å². The van der Waals surface area contributed by atoms with Gasteiger partial charge in [0.05, 0.1) is 7.11 Å². The second kappa shape index (κ2) is 4.96. The highest BCUT2D eigenvalue weighted by molar-refractivity contribution is 6.30. The third kappa shape index (κ3) is 2.91. The Morgan fingerprint density at radius 3 is 2.71 bits per heavy atom. The number of carbonyl (C=O) groups excluding carboxylic acids is 1. The maximum absolute atomic E-state index is 11.6. The van der Waals surface area contributed by atoms with E-state index in [1.807, 2.05) is 13.0 Å². The predicted octanol–water partition coefficient (Wildman–Crippen LogP) is 2.98. The van der Waals surface area contributed by atoms with E-state index in [2.05, 4.69) is 0 Å². The quantitative estimate of drug-likeness (QED) is 0.775. The zero-order chi connectivity index (χ0) is 12.4. The molecule has 0 N–H and O–H groups in total. The Balaban J connectivity index is 2.14. The van der Waals surface area contributed by atoms with Crippen LogP contribution in [-0.4, -0.2) is 19.2 Å². The first-order valence-corrected chi connectivity index (χ1v) is 6.00. The lowest BCUT2D eigenvalue weighted by Gasteiger charge is -2.17. The van der Waals surface area contributed by atoms with E-state index in [1.165, 1.54) is 7.11 Å². The molecule has 0 heterocycles. The molecule has 1 aromatic carbocycles. The number of rotatable bonds is 4. The van der Waals surface area contributed by atoms with Gasteiger partial charge in [-0.1, -0.05) is 11.6 Å². The molecule has 3 nitrogen and oxygen atoms in total. The molecule has 0 amide bonds. The predicted molar refractivity (Wildman–Crippen MR) is 65.3 cm³/mol. The first kappa shape index (κ1) is 12.2. The average molecular weight is 255 g/mol. The Bertz CT molecular complexity index is 427. The Kier molecular flexibility index (Phi) is 3.57. The standard InChI is InChI=1S/C13H15ClO3/c1-8-7-10(14)5-6-11(8)17-12(9-3-4-9)13(15)16-2/h5-7,9,12H,3-4H2,1-2H3. The maximum atomic E-state index is 11.6.